The van der Waals surface area contributed by atoms with Crippen LogP contribution in [0.2, 0.25) is 0 Å². The van der Waals surface area contributed by atoms with Gasteiger partial charge in [0.25, 0.3) is 0 Å². The van der Waals surface area contributed by atoms with Gasteiger partial charge in [-0.3, -0.25) is 0 Å². The summed E-state index contributed by atoms with van der Waals surface area (Å²) in [5, 5.41) is 3.46. The lowest BCUT2D eigenvalue weighted by Crippen LogP contribution is -2.46. The van der Waals surface area contributed by atoms with E-state index in [-0.39, 0.29) is 0 Å². The van der Waals surface area contributed by atoms with Crippen LogP contribution in [0.1, 0.15) is 59.3 Å². The molecule has 0 amide bonds. The fraction of sp³-hybridized carbons (Fsp3) is 1.00. The topological polar surface area (TPSA) is 15.3 Å². The second-order valence-corrected chi connectivity index (χ2v) is 6.45. The van der Waals surface area contributed by atoms with Gasteiger partial charge in [-0.1, -0.05) is 40.0 Å². The molecule has 1 saturated carbocycles. The van der Waals surface area contributed by atoms with Gasteiger partial charge in [-0.25, -0.2) is 0 Å². The van der Waals surface area contributed by atoms with Crippen LogP contribution < -0.4 is 5.32 Å². The minimum Gasteiger partial charge on any atom is -0.319 e. The average Bonchev–Trinajstić information content (AvgIpc) is 2.35. The van der Waals surface area contributed by atoms with Crippen molar-refractivity contribution in [2.45, 2.75) is 59.3 Å². The molecule has 2 heteroatoms. The Morgan fingerprint density at radius 2 is 2.11 bits per heavy atom. The summed E-state index contributed by atoms with van der Waals surface area (Å²) < 4.78 is 0. The third-order valence-electron chi connectivity index (χ3n) is 4.57. The van der Waals surface area contributed by atoms with Crippen molar-refractivity contribution in [1.82, 2.24) is 10.2 Å². The Kier molecular flexibility index (Phi) is 7.25. The fourth-order valence-electron chi connectivity index (χ4n) is 3.71. The first-order valence-corrected chi connectivity index (χ1v) is 8.02. The number of rotatable bonds is 8. The summed E-state index contributed by atoms with van der Waals surface area (Å²) in [7, 11) is 2.11. The van der Waals surface area contributed by atoms with E-state index in [0.717, 1.165) is 5.92 Å². The molecule has 2 atom stereocenters. The summed E-state index contributed by atoms with van der Waals surface area (Å²) in [6, 6.07) is 0. The van der Waals surface area contributed by atoms with Gasteiger partial charge in [0.2, 0.25) is 0 Å². The molecule has 1 aliphatic carbocycles. The van der Waals surface area contributed by atoms with E-state index >= 15 is 0 Å². The molecular formula is C16H34N2. The molecule has 0 aromatic carbocycles. The molecule has 1 aliphatic rings. The van der Waals surface area contributed by atoms with Crippen LogP contribution in [0, 0.1) is 11.3 Å². The molecule has 1 rings (SSSR count). The van der Waals surface area contributed by atoms with E-state index in [4.69, 9.17) is 0 Å². The minimum atomic E-state index is 0.538. The van der Waals surface area contributed by atoms with E-state index in [2.05, 4.69) is 38.0 Å². The molecule has 0 saturated heterocycles. The second-order valence-electron chi connectivity index (χ2n) is 6.45. The van der Waals surface area contributed by atoms with Crippen LogP contribution in [0.5, 0.6) is 0 Å². The maximum atomic E-state index is 3.46. The Morgan fingerprint density at radius 3 is 2.67 bits per heavy atom. The molecule has 2 nitrogen and oxygen atoms in total. The second kappa shape index (κ2) is 8.16. The van der Waals surface area contributed by atoms with Crippen LogP contribution >= 0.6 is 0 Å². The summed E-state index contributed by atoms with van der Waals surface area (Å²) >= 11 is 0. The lowest BCUT2D eigenvalue weighted by Gasteiger charge is -2.43. The zero-order chi connectivity index (χ0) is 13.4. The van der Waals surface area contributed by atoms with Gasteiger partial charge in [-0.05, 0) is 50.7 Å². The van der Waals surface area contributed by atoms with E-state index in [1.165, 1.54) is 64.7 Å². The number of hydrogen-bond acceptors (Lipinski definition) is 2. The number of hydrogen-bond donors (Lipinski definition) is 1. The SMILES string of the molecule is CCCCN(CC)CC1(CNC)CCCC(C)C1. The summed E-state index contributed by atoms with van der Waals surface area (Å²) in [4.78, 5) is 2.68. The Hall–Kier alpha value is -0.0800. The maximum absolute atomic E-state index is 3.46. The van der Waals surface area contributed by atoms with Crippen LogP contribution in [-0.2, 0) is 0 Å². The summed E-state index contributed by atoms with van der Waals surface area (Å²) in [5.74, 6) is 0.914. The van der Waals surface area contributed by atoms with Crippen molar-refractivity contribution in [3.8, 4) is 0 Å². The molecular weight excluding hydrogens is 220 g/mol. The summed E-state index contributed by atoms with van der Waals surface area (Å²) in [6.07, 6.45) is 8.35. The lowest BCUT2D eigenvalue weighted by atomic mass is 9.69. The highest BCUT2D eigenvalue weighted by molar-refractivity contribution is 4.89. The zero-order valence-corrected chi connectivity index (χ0v) is 13.1. The Balaban J connectivity index is 2.59. The van der Waals surface area contributed by atoms with Gasteiger partial charge in [0.05, 0.1) is 0 Å². The van der Waals surface area contributed by atoms with Gasteiger partial charge >= 0.3 is 0 Å². The molecule has 108 valence electrons. The quantitative estimate of drug-likeness (QED) is 0.713. The van der Waals surface area contributed by atoms with E-state index in [9.17, 15) is 0 Å². The average molecular weight is 254 g/mol. The van der Waals surface area contributed by atoms with Gasteiger partial charge in [-0.2, -0.15) is 0 Å². The molecule has 0 aliphatic heterocycles. The minimum absolute atomic E-state index is 0.538. The molecule has 0 bridgehead atoms. The highest BCUT2D eigenvalue weighted by Gasteiger charge is 2.35. The van der Waals surface area contributed by atoms with Gasteiger partial charge in [0.1, 0.15) is 0 Å². The van der Waals surface area contributed by atoms with Gasteiger partial charge in [-0.15, -0.1) is 0 Å². The van der Waals surface area contributed by atoms with Crippen LogP contribution in [-0.4, -0.2) is 38.1 Å². The zero-order valence-electron chi connectivity index (χ0n) is 13.1. The standard InChI is InChI=1S/C16H34N2/c1-5-7-11-18(6-2)14-16(13-17-4)10-8-9-15(3)12-16/h15,17H,5-14H2,1-4H3. The van der Waals surface area contributed by atoms with Crippen molar-refractivity contribution in [1.29, 1.82) is 0 Å². The Morgan fingerprint density at radius 1 is 1.33 bits per heavy atom. The third kappa shape index (κ3) is 4.89. The largest absolute Gasteiger partial charge is 0.319 e. The highest BCUT2D eigenvalue weighted by Crippen LogP contribution is 2.39. The number of nitrogens with zero attached hydrogens (tertiary/aromatic N) is 1. The predicted molar refractivity (Wildman–Crippen MR) is 81.0 cm³/mol. The number of nitrogens with one attached hydrogen (secondary N) is 1. The molecule has 2 unspecified atom stereocenters. The molecule has 0 heterocycles. The number of unbranched alkanes of at least 4 members (excludes halogenated alkanes) is 1. The van der Waals surface area contributed by atoms with Gasteiger partial charge in [0, 0.05) is 13.1 Å². The molecule has 0 aromatic rings. The third-order valence-corrected chi connectivity index (χ3v) is 4.57. The van der Waals surface area contributed by atoms with Crippen molar-refractivity contribution < 1.29 is 0 Å². The first-order valence-electron chi connectivity index (χ1n) is 8.02. The van der Waals surface area contributed by atoms with E-state index in [1.807, 2.05) is 0 Å². The van der Waals surface area contributed by atoms with E-state index in [1.54, 1.807) is 0 Å². The molecule has 1 N–H and O–H groups in total. The van der Waals surface area contributed by atoms with Crippen LogP contribution in [0.3, 0.4) is 0 Å². The normalized spacial score (nSPS) is 28.8. The Bertz CT molecular complexity index is 213. The fourth-order valence-corrected chi connectivity index (χ4v) is 3.71. The Labute approximate surface area is 115 Å². The van der Waals surface area contributed by atoms with Crippen molar-refractivity contribution in [3.05, 3.63) is 0 Å². The van der Waals surface area contributed by atoms with E-state index < -0.39 is 0 Å². The summed E-state index contributed by atoms with van der Waals surface area (Å²) in [5.41, 5.74) is 0.538. The molecule has 0 spiro atoms. The van der Waals surface area contributed by atoms with Gasteiger partial charge in [0.15, 0.2) is 0 Å². The van der Waals surface area contributed by atoms with Crippen molar-refractivity contribution >= 4 is 0 Å². The van der Waals surface area contributed by atoms with Crippen LogP contribution in [0.25, 0.3) is 0 Å². The monoisotopic (exact) mass is 254 g/mol. The van der Waals surface area contributed by atoms with Gasteiger partial charge < -0.3 is 10.2 Å². The van der Waals surface area contributed by atoms with Crippen LogP contribution in [0.4, 0.5) is 0 Å². The lowest BCUT2D eigenvalue weighted by molar-refractivity contribution is 0.0835. The van der Waals surface area contributed by atoms with E-state index in [0.29, 0.717) is 5.41 Å². The van der Waals surface area contributed by atoms with Crippen molar-refractivity contribution in [2.75, 3.05) is 33.2 Å². The van der Waals surface area contributed by atoms with Crippen LogP contribution in [0.15, 0.2) is 0 Å². The molecule has 0 aromatic heterocycles. The molecule has 1 fully saturated rings. The highest BCUT2D eigenvalue weighted by atomic mass is 15.1. The van der Waals surface area contributed by atoms with Crippen molar-refractivity contribution in [3.63, 3.8) is 0 Å². The summed E-state index contributed by atoms with van der Waals surface area (Å²) in [6.45, 7) is 12.0. The first kappa shape index (κ1) is 16.0. The maximum Gasteiger partial charge on any atom is 0.00501 e. The molecule has 18 heavy (non-hydrogen) atoms. The smallest absolute Gasteiger partial charge is 0.00501 e. The predicted octanol–water partition coefficient (Wildman–Crippen LogP) is 3.52. The first-order chi connectivity index (χ1) is 8.65. The molecule has 0 radical (unpaired) electrons. The van der Waals surface area contributed by atoms with Crippen molar-refractivity contribution in [2.24, 2.45) is 11.3 Å².